The van der Waals surface area contributed by atoms with E-state index in [9.17, 15) is 9.90 Å². The number of aromatic amines is 1. The van der Waals surface area contributed by atoms with Gasteiger partial charge in [0.25, 0.3) is 0 Å². The molecule has 4 rings (SSSR count). The van der Waals surface area contributed by atoms with Gasteiger partial charge in [-0.1, -0.05) is 30.3 Å². The zero-order valence-corrected chi connectivity index (χ0v) is 16.9. The maximum absolute atomic E-state index is 12.7. The van der Waals surface area contributed by atoms with Crippen molar-refractivity contribution >= 4 is 5.91 Å². The first-order valence-electron chi connectivity index (χ1n) is 10.4. The minimum absolute atomic E-state index is 0.0634. The highest BCUT2D eigenvalue weighted by Crippen LogP contribution is 2.40. The number of nitrogens with one attached hydrogen (secondary N) is 2. The van der Waals surface area contributed by atoms with Crippen molar-refractivity contribution < 1.29 is 14.6 Å². The predicted octanol–water partition coefficient (Wildman–Crippen LogP) is 1.64. The van der Waals surface area contributed by atoms with E-state index in [2.05, 4.69) is 20.4 Å². The van der Waals surface area contributed by atoms with Crippen LogP contribution in [0.5, 0.6) is 0 Å². The summed E-state index contributed by atoms with van der Waals surface area (Å²) in [5, 5.41) is 21.4. The van der Waals surface area contributed by atoms with E-state index in [1.807, 2.05) is 43.3 Å². The highest BCUT2D eigenvalue weighted by molar-refractivity contribution is 5.79. The second-order valence-corrected chi connectivity index (χ2v) is 8.55. The summed E-state index contributed by atoms with van der Waals surface area (Å²) in [6.07, 6.45) is 3.43. The first kappa shape index (κ1) is 20.1. The van der Waals surface area contributed by atoms with Gasteiger partial charge in [-0.3, -0.25) is 14.8 Å². The molecular formula is C22H30N4O3. The number of amides is 1. The molecule has 1 aromatic heterocycles. The van der Waals surface area contributed by atoms with Gasteiger partial charge in [-0.05, 0) is 37.8 Å². The van der Waals surface area contributed by atoms with E-state index in [0.29, 0.717) is 19.4 Å². The van der Waals surface area contributed by atoms with Gasteiger partial charge in [0.1, 0.15) is 6.10 Å². The molecule has 3 N–H and O–H groups in total. The highest BCUT2D eigenvalue weighted by Gasteiger charge is 2.53. The predicted molar refractivity (Wildman–Crippen MR) is 109 cm³/mol. The summed E-state index contributed by atoms with van der Waals surface area (Å²) in [4.78, 5) is 15.0. The summed E-state index contributed by atoms with van der Waals surface area (Å²) in [7, 11) is 0. The molecule has 1 spiro atoms. The number of likely N-dealkylation sites (tertiary alicyclic amines) is 1. The molecule has 0 aliphatic carbocycles. The second kappa shape index (κ2) is 8.26. The first-order valence-corrected chi connectivity index (χ1v) is 10.4. The third-order valence-electron chi connectivity index (χ3n) is 6.40. The van der Waals surface area contributed by atoms with Crippen LogP contribution in [0.3, 0.4) is 0 Å². The number of aliphatic hydroxyl groups is 1. The van der Waals surface area contributed by atoms with Crippen LogP contribution in [0.25, 0.3) is 0 Å². The van der Waals surface area contributed by atoms with Crippen LogP contribution in [0.1, 0.15) is 37.4 Å². The highest BCUT2D eigenvalue weighted by atomic mass is 16.5. The summed E-state index contributed by atoms with van der Waals surface area (Å²) in [6.45, 7) is 4.98. The Kier molecular flexibility index (Phi) is 5.72. The molecule has 3 heterocycles. The Bertz CT molecular complexity index is 803. The number of rotatable bonds is 5. The summed E-state index contributed by atoms with van der Waals surface area (Å²) < 4.78 is 6.15. The number of carbonyl (C=O) groups excluding carboxylic acids is 1. The fourth-order valence-corrected chi connectivity index (χ4v) is 4.66. The normalized spacial score (nSPS) is 27.0. The van der Waals surface area contributed by atoms with Gasteiger partial charge in [0.15, 0.2) is 0 Å². The third kappa shape index (κ3) is 4.37. The Labute approximate surface area is 171 Å². The molecule has 1 aromatic carbocycles. The van der Waals surface area contributed by atoms with Crippen LogP contribution in [-0.4, -0.2) is 63.1 Å². The van der Waals surface area contributed by atoms with Gasteiger partial charge in [-0.2, -0.15) is 5.10 Å². The van der Waals surface area contributed by atoms with Crippen molar-refractivity contribution in [1.82, 2.24) is 20.4 Å². The SMILES string of the molecule is C[C@]1(NC(=O)Cc2ccccc2)CCOC2(CCN(Cc3ccn[nH]3)CC2)[C@@H]1O. The van der Waals surface area contributed by atoms with Gasteiger partial charge in [0.2, 0.25) is 5.91 Å². The molecule has 2 fully saturated rings. The van der Waals surface area contributed by atoms with Crippen LogP contribution in [0, 0.1) is 0 Å². The number of aliphatic hydroxyl groups excluding tert-OH is 1. The molecule has 0 radical (unpaired) electrons. The molecule has 7 heteroatoms. The quantitative estimate of drug-likeness (QED) is 0.712. The van der Waals surface area contributed by atoms with Gasteiger partial charge in [-0.25, -0.2) is 0 Å². The fraction of sp³-hybridized carbons (Fsp3) is 0.545. The van der Waals surface area contributed by atoms with E-state index >= 15 is 0 Å². The third-order valence-corrected chi connectivity index (χ3v) is 6.40. The number of aromatic nitrogens is 2. The molecule has 1 amide bonds. The molecule has 2 saturated heterocycles. The summed E-state index contributed by atoms with van der Waals surface area (Å²) in [6, 6.07) is 11.7. The Balaban J connectivity index is 1.38. The van der Waals surface area contributed by atoms with Crippen molar-refractivity contribution in [2.75, 3.05) is 19.7 Å². The monoisotopic (exact) mass is 398 g/mol. The lowest BCUT2D eigenvalue weighted by atomic mass is 9.73. The average molecular weight is 399 g/mol. The van der Waals surface area contributed by atoms with E-state index < -0.39 is 17.2 Å². The molecule has 2 aliphatic heterocycles. The van der Waals surface area contributed by atoms with Crippen molar-refractivity contribution in [1.29, 1.82) is 0 Å². The smallest absolute Gasteiger partial charge is 0.224 e. The van der Waals surface area contributed by atoms with Crippen LogP contribution in [0.4, 0.5) is 0 Å². The standard InChI is InChI=1S/C22H30N4O3/c1-21(24-19(27)15-17-5-3-2-4-6-17)10-14-29-22(20(21)28)8-12-26(13-9-22)16-18-7-11-23-25-18/h2-7,11,20,28H,8-10,12-16H2,1H3,(H,23,25)(H,24,27)/t20-,21+/m1/s1. The molecule has 2 atom stereocenters. The van der Waals surface area contributed by atoms with E-state index in [-0.39, 0.29) is 5.91 Å². The molecule has 7 nitrogen and oxygen atoms in total. The molecule has 29 heavy (non-hydrogen) atoms. The number of H-pyrrole nitrogens is 1. The lowest BCUT2D eigenvalue weighted by Crippen LogP contribution is -2.69. The Morgan fingerprint density at radius 1 is 1.28 bits per heavy atom. The van der Waals surface area contributed by atoms with Crippen LogP contribution in [-0.2, 0) is 22.5 Å². The van der Waals surface area contributed by atoms with Crippen LogP contribution in [0.15, 0.2) is 42.6 Å². The fourth-order valence-electron chi connectivity index (χ4n) is 4.66. The second-order valence-electron chi connectivity index (χ2n) is 8.55. The van der Waals surface area contributed by atoms with E-state index in [1.165, 1.54) is 0 Å². The summed E-state index contributed by atoms with van der Waals surface area (Å²) >= 11 is 0. The van der Waals surface area contributed by atoms with Gasteiger partial charge in [0, 0.05) is 38.1 Å². The topological polar surface area (TPSA) is 90.5 Å². The number of nitrogens with zero attached hydrogens (tertiary/aromatic N) is 2. The van der Waals surface area contributed by atoms with E-state index in [0.717, 1.165) is 43.7 Å². The van der Waals surface area contributed by atoms with Gasteiger partial charge in [0.05, 0.1) is 17.6 Å². The summed E-state index contributed by atoms with van der Waals surface area (Å²) in [5.74, 6) is -0.0634. The maximum atomic E-state index is 12.7. The Morgan fingerprint density at radius 2 is 2.03 bits per heavy atom. The van der Waals surface area contributed by atoms with Crippen LogP contribution < -0.4 is 5.32 Å². The zero-order chi connectivity index (χ0) is 20.3. The lowest BCUT2D eigenvalue weighted by molar-refractivity contribution is -0.208. The number of piperidine rings is 1. The number of hydrogen-bond donors (Lipinski definition) is 3. The van der Waals surface area contributed by atoms with E-state index in [4.69, 9.17) is 4.74 Å². The van der Waals surface area contributed by atoms with Gasteiger partial charge >= 0.3 is 0 Å². The summed E-state index contributed by atoms with van der Waals surface area (Å²) in [5.41, 5.74) is 0.772. The average Bonchev–Trinajstić information content (AvgIpc) is 3.22. The maximum Gasteiger partial charge on any atom is 0.224 e. The zero-order valence-electron chi connectivity index (χ0n) is 16.9. The lowest BCUT2D eigenvalue weighted by Gasteiger charge is -2.53. The van der Waals surface area contributed by atoms with Crippen LogP contribution >= 0.6 is 0 Å². The van der Waals surface area contributed by atoms with Crippen LogP contribution in [0.2, 0.25) is 0 Å². The number of carbonyl (C=O) groups is 1. The van der Waals surface area contributed by atoms with Gasteiger partial charge in [-0.15, -0.1) is 0 Å². The van der Waals surface area contributed by atoms with Crippen molar-refractivity contribution in [3.05, 3.63) is 53.9 Å². The van der Waals surface area contributed by atoms with Crippen molar-refractivity contribution in [2.45, 2.75) is 56.4 Å². The minimum Gasteiger partial charge on any atom is -0.388 e. The molecule has 0 unspecified atom stereocenters. The molecular weight excluding hydrogens is 368 g/mol. The van der Waals surface area contributed by atoms with Crippen molar-refractivity contribution in [2.24, 2.45) is 0 Å². The first-order chi connectivity index (χ1) is 14.0. The Hall–Kier alpha value is -2.22. The molecule has 0 saturated carbocycles. The number of hydrogen-bond acceptors (Lipinski definition) is 5. The largest absolute Gasteiger partial charge is 0.388 e. The van der Waals surface area contributed by atoms with E-state index in [1.54, 1.807) is 6.20 Å². The van der Waals surface area contributed by atoms with Crippen molar-refractivity contribution in [3.63, 3.8) is 0 Å². The Morgan fingerprint density at radius 3 is 2.72 bits per heavy atom. The minimum atomic E-state index is -0.738. The van der Waals surface area contributed by atoms with Gasteiger partial charge < -0.3 is 15.2 Å². The molecule has 0 bridgehead atoms. The molecule has 2 aliphatic rings. The molecule has 156 valence electrons. The molecule has 2 aromatic rings. The van der Waals surface area contributed by atoms with Crippen molar-refractivity contribution in [3.8, 4) is 0 Å². The number of ether oxygens (including phenoxy) is 1. The number of benzene rings is 1.